The van der Waals surface area contributed by atoms with Crippen molar-refractivity contribution in [1.82, 2.24) is 4.57 Å². The lowest BCUT2D eigenvalue weighted by Crippen LogP contribution is -2.25. The molecule has 0 unspecified atom stereocenters. The third kappa shape index (κ3) is 2.89. The van der Waals surface area contributed by atoms with Crippen LogP contribution < -0.4 is 0 Å². The van der Waals surface area contributed by atoms with Gasteiger partial charge in [-0.25, -0.2) is 0 Å². The third-order valence-corrected chi connectivity index (χ3v) is 10.0. The van der Waals surface area contributed by atoms with Gasteiger partial charge in [-0.1, -0.05) is 140 Å². The van der Waals surface area contributed by atoms with Crippen LogP contribution in [0.3, 0.4) is 0 Å². The lowest BCUT2D eigenvalue weighted by atomic mass is 9.70. The van der Waals surface area contributed by atoms with Gasteiger partial charge in [0.1, 0.15) is 0 Å². The number of para-hydroxylation sites is 2. The molecule has 0 saturated heterocycles. The minimum Gasteiger partial charge on any atom is -0.309 e. The zero-order valence-corrected chi connectivity index (χ0v) is 24.0. The van der Waals surface area contributed by atoms with Gasteiger partial charge in [-0.15, -0.1) is 0 Å². The molecule has 1 heteroatoms. The molecule has 44 heavy (non-hydrogen) atoms. The summed E-state index contributed by atoms with van der Waals surface area (Å²) in [6.45, 7) is 0. The van der Waals surface area contributed by atoms with Gasteiger partial charge in [0.25, 0.3) is 0 Å². The van der Waals surface area contributed by atoms with E-state index in [-0.39, 0.29) is 5.41 Å². The van der Waals surface area contributed by atoms with Crippen LogP contribution in [0.5, 0.6) is 0 Å². The van der Waals surface area contributed by atoms with E-state index in [1.54, 1.807) is 0 Å². The van der Waals surface area contributed by atoms with Crippen LogP contribution in [0.2, 0.25) is 0 Å². The van der Waals surface area contributed by atoms with E-state index < -0.39 is 0 Å². The molecular formula is C43H27N. The van der Waals surface area contributed by atoms with Gasteiger partial charge in [0.05, 0.1) is 16.4 Å². The van der Waals surface area contributed by atoms with E-state index in [1.165, 1.54) is 83.1 Å². The molecule has 0 fully saturated rings. The molecule has 1 aromatic heterocycles. The minimum atomic E-state index is -0.334. The Balaban J connectivity index is 1.26. The molecule has 0 saturated carbocycles. The number of benzene rings is 7. The summed E-state index contributed by atoms with van der Waals surface area (Å²) < 4.78 is 2.41. The number of nitrogens with zero attached hydrogens (tertiary/aromatic N) is 1. The Morgan fingerprint density at radius 2 is 0.841 bits per heavy atom. The van der Waals surface area contributed by atoms with Crippen molar-refractivity contribution in [2.75, 3.05) is 0 Å². The summed E-state index contributed by atoms with van der Waals surface area (Å²) in [4.78, 5) is 0. The largest absolute Gasteiger partial charge is 0.309 e. The SMILES string of the molecule is c1cc(-c2cccc3c2-c2ccccc2C32c3ccccc3-c3ccccc32)cc(-n2c3ccccc3c3ccccc32)c1. The number of aromatic nitrogens is 1. The van der Waals surface area contributed by atoms with Crippen LogP contribution in [-0.4, -0.2) is 4.57 Å². The van der Waals surface area contributed by atoms with E-state index in [2.05, 4.69) is 168 Å². The van der Waals surface area contributed by atoms with E-state index in [9.17, 15) is 0 Å². The molecule has 10 rings (SSSR count). The first kappa shape index (κ1) is 23.9. The van der Waals surface area contributed by atoms with Gasteiger partial charge in [0.2, 0.25) is 0 Å². The predicted molar refractivity (Wildman–Crippen MR) is 183 cm³/mol. The lowest BCUT2D eigenvalue weighted by Gasteiger charge is -2.30. The fourth-order valence-corrected chi connectivity index (χ4v) is 8.40. The number of rotatable bonds is 2. The first-order valence-corrected chi connectivity index (χ1v) is 15.4. The van der Waals surface area contributed by atoms with Crippen LogP contribution in [-0.2, 0) is 5.41 Å². The van der Waals surface area contributed by atoms with Crippen LogP contribution in [0.25, 0.3) is 60.9 Å². The van der Waals surface area contributed by atoms with Gasteiger partial charge in [-0.05, 0) is 79.9 Å². The molecule has 204 valence electrons. The summed E-state index contributed by atoms with van der Waals surface area (Å²) in [6.07, 6.45) is 0. The maximum absolute atomic E-state index is 2.41. The summed E-state index contributed by atoms with van der Waals surface area (Å²) in [5.41, 5.74) is 16.6. The van der Waals surface area contributed by atoms with Crippen molar-refractivity contribution in [2.45, 2.75) is 5.41 Å². The summed E-state index contributed by atoms with van der Waals surface area (Å²) >= 11 is 0. The zero-order chi connectivity index (χ0) is 28.8. The van der Waals surface area contributed by atoms with Crippen LogP contribution in [0.4, 0.5) is 0 Å². The number of hydrogen-bond acceptors (Lipinski definition) is 0. The Bertz CT molecular complexity index is 2360. The molecule has 7 aromatic carbocycles. The molecule has 1 heterocycles. The second-order valence-corrected chi connectivity index (χ2v) is 12.0. The highest BCUT2D eigenvalue weighted by atomic mass is 15.0. The van der Waals surface area contributed by atoms with Crippen molar-refractivity contribution >= 4 is 21.8 Å². The fourth-order valence-electron chi connectivity index (χ4n) is 8.40. The molecule has 8 aromatic rings. The predicted octanol–water partition coefficient (Wildman–Crippen LogP) is 10.8. The number of hydrogen-bond donors (Lipinski definition) is 0. The zero-order valence-electron chi connectivity index (χ0n) is 24.0. The second kappa shape index (κ2) is 8.69. The topological polar surface area (TPSA) is 4.93 Å². The van der Waals surface area contributed by atoms with Crippen LogP contribution in [0.15, 0.2) is 164 Å². The molecule has 0 radical (unpaired) electrons. The smallest absolute Gasteiger partial charge is 0.0725 e. The summed E-state index contributed by atoms with van der Waals surface area (Å²) in [6, 6.07) is 60.6. The van der Waals surface area contributed by atoms with Crippen molar-refractivity contribution in [2.24, 2.45) is 0 Å². The average molecular weight is 558 g/mol. The van der Waals surface area contributed by atoms with Gasteiger partial charge in [-0.3, -0.25) is 0 Å². The highest BCUT2D eigenvalue weighted by Crippen LogP contribution is 2.63. The van der Waals surface area contributed by atoms with Gasteiger partial charge in [0, 0.05) is 16.5 Å². The summed E-state index contributed by atoms with van der Waals surface area (Å²) in [7, 11) is 0. The minimum absolute atomic E-state index is 0.334. The Labute approximate surface area is 256 Å². The van der Waals surface area contributed by atoms with Crippen molar-refractivity contribution < 1.29 is 0 Å². The van der Waals surface area contributed by atoms with Gasteiger partial charge in [0.15, 0.2) is 0 Å². The molecular weight excluding hydrogens is 530 g/mol. The molecule has 0 aliphatic heterocycles. The molecule has 1 nitrogen and oxygen atoms in total. The maximum Gasteiger partial charge on any atom is 0.0725 e. The van der Waals surface area contributed by atoms with E-state index in [0.717, 1.165) is 0 Å². The second-order valence-electron chi connectivity index (χ2n) is 12.0. The molecule has 2 aliphatic carbocycles. The van der Waals surface area contributed by atoms with Gasteiger partial charge >= 0.3 is 0 Å². The first-order valence-electron chi connectivity index (χ1n) is 15.4. The monoisotopic (exact) mass is 557 g/mol. The first-order chi connectivity index (χ1) is 21.9. The molecule has 0 N–H and O–H groups in total. The molecule has 0 amide bonds. The van der Waals surface area contributed by atoms with E-state index in [0.29, 0.717) is 0 Å². The van der Waals surface area contributed by atoms with Crippen molar-refractivity contribution in [3.05, 3.63) is 186 Å². The Morgan fingerprint density at radius 1 is 0.364 bits per heavy atom. The third-order valence-electron chi connectivity index (χ3n) is 10.0. The van der Waals surface area contributed by atoms with Crippen molar-refractivity contribution in [1.29, 1.82) is 0 Å². The average Bonchev–Trinajstić information content (AvgIpc) is 3.70. The molecule has 2 aliphatic rings. The Kier molecular flexibility index (Phi) is 4.71. The number of fused-ring (bicyclic) bond motifs is 13. The quantitative estimate of drug-likeness (QED) is 0.199. The maximum atomic E-state index is 2.41. The van der Waals surface area contributed by atoms with Gasteiger partial charge < -0.3 is 4.57 Å². The van der Waals surface area contributed by atoms with Crippen LogP contribution in [0, 0.1) is 0 Å². The van der Waals surface area contributed by atoms with E-state index in [4.69, 9.17) is 0 Å². The fraction of sp³-hybridized carbons (Fsp3) is 0.0233. The van der Waals surface area contributed by atoms with Crippen LogP contribution >= 0.6 is 0 Å². The summed E-state index contributed by atoms with van der Waals surface area (Å²) in [5, 5.41) is 2.56. The molecule has 0 atom stereocenters. The standard InChI is InChI=1S/C43H27N/c1-6-21-36-31(15-1)32-16-2-7-22-37(32)43(36)38-23-8-3-19-35(38)42-30(20-12-24-39(42)43)28-13-11-14-29(27-28)44-40-25-9-4-17-33(40)34-18-5-10-26-41(34)44/h1-27H. The highest BCUT2D eigenvalue weighted by molar-refractivity contribution is 6.09. The molecule has 1 spiro atoms. The lowest BCUT2D eigenvalue weighted by molar-refractivity contribution is 0.794. The van der Waals surface area contributed by atoms with Crippen molar-refractivity contribution in [3.63, 3.8) is 0 Å². The van der Waals surface area contributed by atoms with E-state index in [1.807, 2.05) is 0 Å². The Hall–Kier alpha value is -5.66. The van der Waals surface area contributed by atoms with Gasteiger partial charge in [-0.2, -0.15) is 0 Å². The molecule has 0 bridgehead atoms. The Morgan fingerprint density at radius 3 is 1.50 bits per heavy atom. The normalized spacial score (nSPS) is 13.6. The summed E-state index contributed by atoms with van der Waals surface area (Å²) in [5.74, 6) is 0. The highest BCUT2D eigenvalue weighted by Gasteiger charge is 2.51. The van der Waals surface area contributed by atoms with E-state index >= 15 is 0 Å². The van der Waals surface area contributed by atoms with Crippen molar-refractivity contribution in [3.8, 4) is 39.1 Å². The van der Waals surface area contributed by atoms with Crippen LogP contribution in [0.1, 0.15) is 22.3 Å².